The third-order valence-electron chi connectivity index (χ3n) is 8.65. The van der Waals surface area contributed by atoms with E-state index in [4.69, 9.17) is 0 Å². The summed E-state index contributed by atoms with van der Waals surface area (Å²) < 4.78 is 0. The minimum Gasteiger partial charge on any atom is -0.391 e. The number of nitrogens with one attached hydrogen (secondary N) is 1. The molecule has 2 saturated carbocycles. The zero-order valence-electron chi connectivity index (χ0n) is 18.9. The molecule has 6 atom stereocenters. The molecule has 2 fully saturated rings. The Morgan fingerprint density at radius 3 is 2.36 bits per heavy atom. The molecular formula is C26H43NO. The Labute approximate surface area is 173 Å². The summed E-state index contributed by atoms with van der Waals surface area (Å²) in [5.41, 5.74) is 1.61. The molecule has 0 amide bonds. The molecular weight excluding hydrogens is 342 g/mol. The highest BCUT2D eigenvalue weighted by Gasteiger charge is 2.61. The lowest BCUT2D eigenvalue weighted by Crippen LogP contribution is -2.58. The fraction of sp³-hybridized carbons (Fsp3) is 0.769. The molecule has 2 nitrogen and oxygen atoms in total. The van der Waals surface area contributed by atoms with Gasteiger partial charge in [-0.1, -0.05) is 84.2 Å². The number of hydrogen-bond donors (Lipinski definition) is 2. The molecule has 1 aromatic rings. The Morgan fingerprint density at radius 2 is 1.68 bits per heavy atom. The summed E-state index contributed by atoms with van der Waals surface area (Å²) in [6, 6.07) is 10.8. The van der Waals surface area contributed by atoms with Gasteiger partial charge in [-0.25, -0.2) is 0 Å². The van der Waals surface area contributed by atoms with E-state index in [1.807, 2.05) is 0 Å². The van der Waals surface area contributed by atoms with Gasteiger partial charge in [-0.05, 0) is 54.4 Å². The smallest absolute Gasteiger partial charge is 0.0752 e. The first kappa shape index (κ1) is 21.8. The topological polar surface area (TPSA) is 32.3 Å². The predicted molar refractivity (Wildman–Crippen MR) is 119 cm³/mol. The van der Waals surface area contributed by atoms with Gasteiger partial charge in [0.05, 0.1) is 6.10 Å². The fourth-order valence-electron chi connectivity index (χ4n) is 6.52. The van der Waals surface area contributed by atoms with Crippen LogP contribution in [0.3, 0.4) is 0 Å². The summed E-state index contributed by atoms with van der Waals surface area (Å²) in [5.74, 6) is 2.34. The molecule has 0 aliphatic heterocycles. The quantitative estimate of drug-likeness (QED) is 0.559. The van der Waals surface area contributed by atoms with Gasteiger partial charge in [-0.15, -0.1) is 0 Å². The zero-order chi connectivity index (χ0) is 20.4. The van der Waals surface area contributed by atoms with Gasteiger partial charge in [0.25, 0.3) is 0 Å². The summed E-state index contributed by atoms with van der Waals surface area (Å²) in [5, 5.41) is 15.1. The van der Waals surface area contributed by atoms with E-state index in [2.05, 4.69) is 70.3 Å². The van der Waals surface area contributed by atoms with Gasteiger partial charge in [0.15, 0.2) is 0 Å². The first-order valence-corrected chi connectivity index (χ1v) is 11.7. The van der Waals surface area contributed by atoms with E-state index in [1.165, 1.54) is 44.1 Å². The van der Waals surface area contributed by atoms with Gasteiger partial charge in [0.1, 0.15) is 0 Å². The maximum absolute atomic E-state index is 11.4. The van der Waals surface area contributed by atoms with Crippen molar-refractivity contribution >= 4 is 0 Å². The molecule has 158 valence electrons. The van der Waals surface area contributed by atoms with E-state index in [9.17, 15) is 5.11 Å². The molecule has 3 rings (SSSR count). The standard InChI is InChI=1S/C26H43NO/c1-19(2)10-9-11-20(3)22-14-16-26(5)24(28)23(15-17-25(22,26)4)27-18-21-12-7-6-8-13-21/h6-8,12-13,19-20,22-24,27-28H,9-11,14-18H2,1-5H3/t20-,22-,23+,24-,25-,26+/m1/s1. The van der Waals surface area contributed by atoms with Crippen molar-refractivity contribution in [1.82, 2.24) is 5.32 Å². The van der Waals surface area contributed by atoms with Crippen LogP contribution in [0.25, 0.3) is 0 Å². The average molecular weight is 386 g/mol. The summed E-state index contributed by atoms with van der Waals surface area (Å²) in [6.07, 6.45) is 8.60. The van der Waals surface area contributed by atoms with Crippen LogP contribution in [0.4, 0.5) is 0 Å². The highest BCUT2D eigenvalue weighted by molar-refractivity contribution is 5.16. The maximum atomic E-state index is 11.4. The molecule has 1 aromatic carbocycles. The van der Waals surface area contributed by atoms with Gasteiger partial charge in [0, 0.05) is 18.0 Å². The van der Waals surface area contributed by atoms with Crippen LogP contribution in [0, 0.1) is 28.6 Å². The third kappa shape index (κ3) is 4.19. The second-order valence-electron chi connectivity index (χ2n) is 10.7. The molecule has 28 heavy (non-hydrogen) atoms. The Balaban J connectivity index is 1.63. The first-order valence-electron chi connectivity index (χ1n) is 11.7. The molecule has 0 aromatic heterocycles. The molecule has 0 radical (unpaired) electrons. The van der Waals surface area contributed by atoms with Crippen LogP contribution in [0.15, 0.2) is 30.3 Å². The Morgan fingerprint density at radius 1 is 1.00 bits per heavy atom. The van der Waals surface area contributed by atoms with Crippen LogP contribution < -0.4 is 5.32 Å². The molecule has 0 bridgehead atoms. The Hall–Kier alpha value is -0.860. The molecule has 0 unspecified atom stereocenters. The van der Waals surface area contributed by atoms with Gasteiger partial charge in [0.2, 0.25) is 0 Å². The van der Waals surface area contributed by atoms with Crippen LogP contribution in [0.1, 0.15) is 85.1 Å². The van der Waals surface area contributed by atoms with E-state index in [-0.39, 0.29) is 23.0 Å². The third-order valence-corrected chi connectivity index (χ3v) is 8.65. The zero-order valence-corrected chi connectivity index (χ0v) is 18.9. The molecule has 0 spiro atoms. The van der Waals surface area contributed by atoms with E-state index in [0.717, 1.165) is 30.7 Å². The molecule has 0 heterocycles. The van der Waals surface area contributed by atoms with Crippen LogP contribution in [0.2, 0.25) is 0 Å². The highest BCUT2D eigenvalue weighted by Crippen LogP contribution is 2.65. The second kappa shape index (κ2) is 8.88. The van der Waals surface area contributed by atoms with Crippen molar-refractivity contribution in [3.8, 4) is 0 Å². The van der Waals surface area contributed by atoms with E-state index >= 15 is 0 Å². The Kier molecular flexibility index (Phi) is 6.92. The molecule has 2 aliphatic rings. The average Bonchev–Trinajstić information content (AvgIpc) is 2.95. The summed E-state index contributed by atoms with van der Waals surface area (Å²) in [4.78, 5) is 0. The van der Waals surface area contributed by atoms with Crippen LogP contribution >= 0.6 is 0 Å². The Bertz CT molecular complexity index is 614. The number of benzene rings is 1. The lowest BCUT2D eigenvalue weighted by Gasteiger charge is -2.55. The number of rotatable bonds is 8. The van der Waals surface area contributed by atoms with Crippen molar-refractivity contribution in [2.45, 2.75) is 98.3 Å². The van der Waals surface area contributed by atoms with Crippen molar-refractivity contribution in [2.24, 2.45) is 28.6 Å². The van der Waals surface area contributed by atoms with Crippen LogP contribution in [0.5, 0.6) is 0 Å². The van der Waals surface area contributed by atoms with Crippen LogP contribution in [-0.4, -0.2) is 17.3 Å². The molecule has 2 heteroatoms. The van der Waals surface area contributed by atoms with Gasteiger partial charge in [-0.3, -0.25) is 0 Å². The van der Waals surface area contributed by atoms with Crippen molar-refractivity contribution in [3.63, 3.8) is 0 Å². The fourth-order valence-corrected chi connectivity index (χ4v) is 6.52. The van der Waals surface area contributed by atoms with E-state index in [1.54, 1.807) is 0 Å². The minimum atomic E-state index is -0.247. The monoisotopic (exact) mass is 385 g/mol. The SMILES string of the molecule is CC(C)CCC[C@@H](C)[C@H]1CC[C@@]2(C)[C@H](O)[C@@H](NCc3ccccc3)CC[C@]12C. The molecule has 2 aliphatic carbocycles. The lowest BCUT2D eigenvalue weighted by molar-refractivity contribution is -0.113. The lowest BCUT2D eigenvalue weighted by atomic mass is 9.53. The summed E-state index contributed by atoms with van der Waals surface area (Å²) >= 11 is 0. The van der Waals surface area contributed by atoms with Crippen LogP contribution in [-0.2, 0) is 6.54 Å². The number of aliphatic hydroxyl groups is 1. The van der Waals surface area contributed by atoms with Crippen molar-refractivity contribution in [1.29, 1.82) is 0 Å². The summed E-state index contributed by atoms with van der Waals surface area (Å²) in [6.45, 7) is 12.9. The second-order valence-corrected chi connectivity index (χ2v) is 10.7. The van der Waals surface area contributed by atoms with Crippen molar-refractivity contribution in [2.75, 3.05) is 0 Å². The maximum Gasteiger partial charge on any atom is 0.0752 e. The van der Waals surface area contributed by atoms with Gasteiger partial charge >= 0.3 is 0 Å². The van der Waals surface area contributed by atoms with Crippen molar-refractivity contribution < 1.29 is 5.11 Å². The van der Waals surface area contributed by atoms with Crippen molar-refractivity contribution in [3.05, 3.63) is 35.9 Å². The highest BCUT2D eigenvalue weighted by atomic mass is 16.3. The van der Waals surface area contributed by atoms with E-state index in [0.29, 0.717) is 0 Å². The van der Waals surface area contributed by atoms with Gasteiger partial charge < -0.3 is 10.4 Å². The largest absolute Gasteiger partial charge is 0.391 e. The normalized spacial score (nSPS) is 36.5. The minimum absolute atomic E-state index is 0.0383. The predicted octanol–water partition coefficient (Wildman–Crippen LogP) is 6.18. The molecule has 2 N–H and O–H groups in total. The summed E-state index contributed by atoms with van der Waals surface area (Å²) in [7, 11) is 0. The first-order chi connectivity index (χ1) is 13.3. The number of hydrogen-bond acceptors (Lipinski definition) is 2. The number of fused-ring (bicyclic) bond motifs is 1. The van der Waals surface area contributed by atoms with Gasteiger partial charge in [-0.2, -0.15) is 0 Å². The number of aliphatic hydroxyl groups excluding tert-OH is 1. The van der Waals surface area contributed by atoms with E-state index < -0.39 is 0 Å². The molecule has 0 saturated heterocycles.